The summed E-state index contributed by atoms with van der Waals surface area (Å²) in [5.41, 5.74) is 2.51. The Hall–Kier alpha value is -2.63. The Morgan fingerprint density at radius 1 is 1.04 bits per heavy atom. The maximum atomic E-state index is 12.3. The first kappa shape index (κ1) is 16.7. The van der Waals surface area contributed by atoms with E-state index in [1.54, 1.807) is 0 Å². The minimum Gasteiger partial charge on any atom is -0.493 e. The first-order chi connectivity index (χ1) is 10.8. The second-order valence-electron chi connectivity index (χ2n) is 5.50. The molecule has 1 aromatic rings. The van der Waals surface area contributed by atoms with E-state index >= 15 is 0 Å². The largest absolute Gasteiger partial charge is 0.493 e. The minimum atomic E-state index is -0.636. The van der Waals surface area contributed by atoms with Crippen LogP contribution in [0.1, 0.15) is 23.6 Å². The molecule has 0 aliphatic carbocycles. The van der Waals surface area contributed by atoms with Gasteiger partial charge in [-0.15, -0.1) is 0 Å². The molecule has 0 aromatic heterocycles. The van der Waals surface area contributed by atoms with Crippen LogP contribution in [-0.2, 0) is 9.59 Å². The van der Waals surface area contributed by atoms with Crippen LogP contribution in [0, 0.1) is 13.8 Å². The number of benzene rings is 1. The van der Waals surface area contributed by atoms with Crippen LogP contribution < -0.4 is 4.74 Å². The van der Waals surface area contributed by atoms with Gasteiger partial charge in [-0.05, 0) is 38.5 Å². The standard InChI is InChI=1S/C17H20N2O4/c1-6-23-14-11(3)7-10(2)8-12(14)9-13-15(20)18(4)17(22)19(5)16(13)21/h7-9H,6H2,1-5H3. The summed E-state index contributed by atoms with van der Waals surface area (Å²) in [5.74, 6) is -0.590. The molecule has 1 aliphatic rings. The van der Waals surface area contributed by atoms with Gasteiger partial charge in [-0.1, -0.05) is 11.6 Å². The predicted molar refractivity (Wildman–Crippen MR) is 86.0 cm³/mol. The van der Waals surface area contributed by atoms with Gasteiger partial charge in [0.05, 0.1) is 6.61 Å². The molecule has 1 fully saturated rings. The number of urea groups is 1. The summed E-state index contributed by atoms with van der Waals surface area (Å²) in [6, 6.07) is 3.18. The highest BCUT2D eigenvalue weighted by Gasteiger charge is 2.37. The smallest absolute Gasteiger partial charge is 0.333 e. The molecule has 2 rings (SSSR count). The Morgan fingerprint density at radius 2 is 1.61 bits per heavy atom. The Balaban J connectivity index is 2.58. The second-order valence-corrected chi connectivity index (χ2v) is 5.50. The molecule has 6 heteroatoms. The van der Waals surface area contributed by atoms with Crippen LogP contribution in [0.25, 0.3) is 6.08 Å². The number of ether oxygens (including phenoxy) is 1. The highest BCUT2D eigenvalue weighted by Crippen LogP contribution is 2.29. The van der Waals surface area contributed by atoms with Gasteiger partial charge in [0, 0.05) is 19.7 Å². The van der Waals surface area contributed by atoms with Crippen molar-refractivity contribution < 1.29 is 19.1 Å². The molecule has 1 saturated heterocycles. The molecule has 0 atom stereocenters. The third kappa shape index (κ3) is 2.97. The molecule has 0 saturated carbocycles. The zero-order chi connectivity index (χ0) is 17.3. The normalized spacial score (nSPS) is 15.3. The van der Waals surface area contributed by atoms with Crippen molar-refractivity contribution in [1.29, 1.82) is 0 Å². The molecule has 0 radical (unpaired) electrons. The molecule has 122 valence electrons. The summed E-state index contributed by atoms with van der Waals surface area (Å²) in [5, 5.41) is 0. The number of likely N-dealkylation sites (N-methyl/N-ethyl adjacent to an activating group) is 2. The molecule has 0 bridgehead atoms. The molecule has 1 aromatic carbocycles. The van der Waals surface area contributed by atoms with Gasteiger partial charge in [-0.3, -0.25) is 19.4 Å². The number of nitrogens with zero attached hydrogens (tertiary/aromatic N) is 2. The first-order valence-electron chi connectivity index (χ1n) is 7.33. The third-order valence-electron chi connectivity index (χ3n) is 3.68. The average molecular weight is 316 g/mol. The quantitative estimate of drug-likeness (QED) is 0.633. The number of carbonyl (C=O) groups excluding carboxylic acids is 3. The fourth-order valence-electron chi connectivity index (χ4n) is 2.57. The lowest BCUT2D eigenvalue weighted by molar-refractivity contribution is -0.134. The number of imide groups is 2. The van der Waals surface area contributed by atoms with Crippen molar-refractivity contribution in [1.82, 2.24) is 9.80 Å². The van der Waals surface area contributed by atoms with E-state index in [1.807, 2.05) is 32.9 Å². The maximum absolute atomic E-state index is 12.3. The van der Waals surface area contributed by atoms with E-state index in [0.29, 0.717) is 17.9 Å². The zero-order valence-corrected chi connectivity index (χ0v) is 14.0. The summed E-state index contributed by atoms with van der Waals surface area (Å²) >= 11 is 0. The van der Waals surface area contributed by atoms with E-state index < -0.39 is 17.8 Å². The SMILES string of the molecule is CCOc1c(C)cc(C)cc1C=C1C(=O)N(C)C(=O)N(C)C1=O. The number of rotatable bonds is 3. The molecule has 0 spiro atoms. The summed E-state index contributed by atoms with van der Waals surface area (Å²) in [6.07, 6.45) is 1.50. The summed E-state index contributed by atoms with van der Waals surface area (Å²) in [4.78, 5) is 38.2. The Labute approximate surface area is 135 Å². The molecule has 1 aliphatic heterocycles. The third-order valence-corrected chi connectivity index (χ3v) is 3.68. The van der Waals surface area contributed by atoms with Gasteiger partial charge in [0.2, 0.25) is 0 Å². The summed E-state index contributed by atoms with van der Waals surface area (Å²) in [6.45, 7) is 6.18. The van der Waals surface area contributed by atoms with Crippen molar-refractivity contribution >= 4 is 23.9 Å². The van der Waals surface area contributed by atoms with Crippen molar-refractivity contribution in [2.24, 2.45) is 0 Å². The van der Waals surface area contributed by atoms with Gasteiger partial charge in [0.15, 0.2) is 0 Å². The van der Waals surface area contributed by atoms with Gasteiger partial charge < -0.3 is 4.74 Å². The Kier molecular flexibility index (Phi) is 4.54. The van der Waals surface area contributed by atoms with Gasteiger partial charge in [-0.25, -0.2) is 4.79 Å². The van der Waals surface area contributed by atoms with Gasteiger partial charge in [-0.2, -0.15) is 0 Å². The lowest BCUT2D eigenvalue weighted by atomic mass is 10.0. The molecule has 0 N–H and O–H groups in total. The number of amides is 4. The molecular formula is C17H20N2O4. The number of carbonyl (C=O) groups is 3. The second kappa shape index (κ2) is 6.24. The molecule has 23 heavy (non-hydrogen) atoms. The van der Waals surface area contributed by atoms with Crippen molar-refractivity contribution in [3.8, 4) is 5.75 Å². The number of hydrogen-bond acceptors (Lipinski definition) is 4. The lowest BCUT2D eigenvalue weighted by Gasteiger charge is -2.29. The van der Waals surface area contributed by atoms with Crippen molar-refractivity contribution in [3.63, 3.8) is 0 Å². The number of aryl methyl sites for hydroxylation is 2. The predicted octanol–water partition coefficient (Wildman–Crippen LogP) is 2.14. The van der Waals surface area contributed by atoms with Crippen LogP contribution in [0.3, 0.4) is 0 Å². The van der Waals surface area contributed by atoms with Crippen molar-refractivity contribution in [3.05, 3.63) is 34.4 Å². The maximum Gasteiger partial charge on any atom is 0.333 e. The number of barbiturate groups is 1. The van der Waals surface area contributed by atoms with Crippen LogP contribution in [0.15, 0.2) is 17.7 Å². The number of hydrogen-bond donors (Lipinski definition) is 0. The van der Waals surface area contributed by atoms with Crippen molar-refractivity contribution in [2.75, 3.05) is 20.7 Å². The van der Waals surface area contributed by atoms with Crippen molar-refractivity contribution in [2.45, 2.75) is 20.8 Å². The fourth-order valence-corrected chi connectivity index (χ4v) is 2.57. The van der Waals surface area contributed by atoms with Crippen LogP contribution >= 0.6 is 0 Å². The van der Waals surface area contributed by atoms with Gasteiger partial charge in [0.25, 0.3) is 11.8 Å². The topological polar surface area (TPSA) is 66.9 Å². The molecule has 0 unspecified atom stereocenters. The van der Waals surface area contributed by atoms with E-state index in [0.717, 1.165) is 20.9 Å². The molecule has 1 heterocycles. The highest BCUT2D eigenvalue weighted by atomic mass is 16.5. The van der Waals surface area contributed by atoms with Gasteiger partial charge in [0.1, 0.15) is 11.3 Å². The summed E-state index contributed by atoms with van der Waals surface area (Å²) in [7, 11) is 2.71. The monoisotopic (exact) mass is 316 g/mol. The van der Waals surface area contributed by atoms with E-state index in [2.05, 4.69) is 0 Å². The van der Waals surface area contributed by atoms with Crippen LogP contribution in [0.5, 0.6) is 5.75 Å². The Bertz CT molecular complexity index is 696. The van der Waals surface area contributed by atoms with E-state index in [1.165, 1.54) is 20.2 Å². The summed E-state index contributed by atoms with van der Waals surface area (Å²) < 4.78 is 5.65. The van der Waals surface area contributed by atoms with Gasteiger partial charge >= 0.3 is 6.03 Å². The fraction of sp³-hybridized carbons (Fsp3) is 0.353. The highest BCUT2D eigenvalue weighted by molar-refractivity contribution is 6.30. The van der Waals surface area contributed by atoms with Crippen LogP contribution in [0.4, 0.5) is 4.79 Å². The molecular weight excluding hydrogens is 296 g/mol. The first-order valence-corrected chi connectivity index (χ1v) is 7.33. The average Bonchev–Trinajstić information content (AvgIpc) is 2.50. The van der Waals surface area contributed by atoms with E-state index in [4.69, 9.17) is 4.74 Å². The minimum absolute atomic E-state index is 0.0550. The van der Waals surface area contributed by atoms with E-state index in [9.17, 15) is 14.4 Å². The van der Waals surface area contributed by atoms with Crippen LogP contribution in [-0.4, -0.2) is 48.3 Å². The van der Waals surface area contributed by atoms with E-state index in [-0.39, 0.29) is 5.57 Å². The molecule has 6 nitrogen and oxygen atoms in total. The van der Waals surface area contributed by atoms with Crippen LogP contribution in [0.2, 0.25) is 0 Å². The Morgan fingerprint density at radius 3 is 2.13 bits per heavy atom. The lowest BCUT2D eigenvalue weighted by Crippen LogP contribution is -2.52. The molecule has 4 amide bonds. The zero-order valence-electron chi connectivity index (χ0n) is 14.0.